The molecule has 0 bridgehead atoms. The van der Waals surface area contributed by atoms with Crippen LogP contribution in [0.1, 0.15) is 153 Å². The summed E-state index contributed by atoms with van der Waals surface area (Å²) in [6.45, 7) is 6.11. The third kappa shape index (κ3) is 17.8. The highest BCUT2D eigenvalue weighted by Gasteiger charge is 2.04. The summed E-state index contributed by atoms with van der Waals surface area (Å²) >= 11 is 7.32. The first-order chi connectivity index (χ1) is 20.6. The van der Waals surface area contributed by atoms with Crippen LogP contribution in [0.3, 0.4) is 0 Å². The molecule has 0 amide bonds. The van der Waals surface area contributed by atoms with Gasteiger partial charge in [0.1, 0.15) is 11.5 Å². The molecule has 0 unspecified atom stereocenters. The number of halogens is 2. The molecule has 0 aromatic heterocycles. The molecule has 236 valence electrons. The molecule has 0 aliphatic carbocycles. The van der Waals surface area contributed by atoms with Gasteiger partial charge in [0, 0.05) is 0 Å². The van der Waals surface area contributed by atoms with Crippen LogP contribution in [0.25, 0.3) is 12.2 Å². The standard InChI is InChI=1S/C38H58Br2O2/c1-3-5-7-9-11-13-15-17-19-21-29-41-37-31-33(25-27-35(37)39)23-24-34-26-28-36(40)38(32-34)42-30-22-20-18-16-14-12-10-8-6-4-2/h23-28,31-32H,3-22,29-30H2,1-2H3. The van der Waals surface area contributed by atoms with E-state index < -0.39 is 0 Å². The summed E-state index contributed by atoms with van der Waals surface area (Å²) in [5.41, 5.74) is 2.26. The van der Waals surface area contributed by atoms with Crippen molar-refractivity contribution < 1.29 is 9.47 Å². The lowest BCUT2D eigenvalue weighted by Crippen LogP contribution is -1.98. The number of hydrogen-bond donors (Lipinski definition) is 0. The van der Waals surface area contributed by atoms with Crippen LogP contribution in [0.2, 0.25) is 0 Å². The van der Waals surface area contributed by atoms with E-state index in [1.165, 1.54) is 116 Å². The summed E-state index contributed by atoms with van der Waals surface area (Å²) in [7, 11) is 0. The van der Waals surface area contributed by atoms with E-state index in [0.29, 0.717) is 0 Å². The van der Waals surface area contributed by atoms with E-state index in [4.69, 9.17) is 9.47 Å². The van der Waals surface area contributed by atoms with Crippen LogP contribution in [0.15, 0.2) is 45.3 Å². The van der Waals surface area contributed by atoms with Crippen LogP contribution in [-0.2, 0) is 0 Å². The highest BCUT2D eigenvalue weighted by molar-refractivity contribution is 9.10. The van der Waals surface area contributed by atoms with Crippen molar-refractivity contribution in [1.29, 1.82) is 0 Å². The summed E-state index contributed by atoms with van der Waals surface area (Å²) in [5.74, 6) is 1.84. The van der Waals surface area contributed by atoms with Gasteiger partial charge in [-0.25, -0.2) is 0 Å². The van der Waals surface area contributed by atoms with Crippen LogP contribution in [0.4, 0.5) is 0 Å². The molecular weight excluding hydrogens is 648 g/mol. The van der Waals surface area contributed by atoms with Crippen molar-refractivity contribution in [3.8, 4) is 11.5 Å². The van der Waals surface area contributed by atoms with Crippen LogP contribution < -0.4 is 9.47 Å². The Labute approximate surface area is 275 Å². The summed E-state index contributed by atoms with van der Waals surface area (Å²) in [5, 5.41) is 0. The van der Waals surface area contributed by atoms with Gasteiger partial charge in [0.05, 0.1) is 22.2 Å². The number of rotatable bonds is 26. The van der Waals surface area contributed by atoms with E-state index in [1.54, 1.807) is 0 Å². The van der Waals surface area contributed by atoms with Gasteiger partial charge >= 0.3 is 0 Å². The highest BCUT2D eigenvalue weighted by atomic mass is 79.9. The van der Waals surface area contributed by atoms with Gasteiger partial charge in [-0.2, -0.15) is 0 Å². The lowest BCUT2D eigenvalue weighted by atomic mass is 10.1. The molecule has 2 nitrogen and oxygen atoms in total. The quantitative estimate of drug-likeness (QED) is 0.0716. The number of benzene rings is 2. The molecule has 2 aromatic carbocycles. The molecule has 2 aromatic rings. The molecule has 2 rings (SSSR count). The zero-order valence-electron chi connectivity index (χ0n) is 26.7. The first-order valence-corrected chi connectivity index (χ1v) is 18.8. The maximum Gasteiger partial charge on any atom is 0.134 e. The molecule has 0 aliphatic rings. The van der Waals surface area contributed by atoms with Gasteiger partial charge in [-0.3, -0.25) is 0 Å². The Bertz CT molecular complexity index is 894. The van der Waals surface area contributed by atoms with Gasteiger partial charge in [0.25, 0.3) is 0 Å². The maximum atomic E-state index is 6.13. The van der Waals surface area contributed by atoms with E-state index >= 15 is 0 Å². The Morgan fingerprint density at radius 3 is 1.10 bits per heavy atom. The van der Waals surface area contributed by atoms with Crippen molar-refractivity contribution >= 4 is 44.0 Å². The molecule has 0 fully saturated rings. The number of hydrogen-bond acceptors (Lipinski definition) is 2. The van der Waals surface area contributed by atoms with Crippen molar-refractivity contribution in [3.05, 3.63) is 56.5 Å². The van der Waals surface area contributed by atoms with Crippen molar-refractivity contribution in [2.75, 3.05) is 13.2 Å². The highest BCUT2D eigenvalue weighted by Crippen LogP contribution is 2.29. The Morgan fingerprint density at radius 1 is 0.452 bits per heavy atom. The van der Waals surface area contributed by atoms with Crippen molar-refractivity contribution in [3.63, 3.8) is 0 Å². The van der Waals surface area contributed by atoms with Gasteiger partial charge in [-0.15, -0.1) is 0 Å². The van der Waals surface area contributed by atoms with E-state index in [-0.39, 0.29) is 0 Å². The van der Waals surface area contributed by atoms with Crippen LogP contribution in [0.5, 0.6) is 11.5 Å². The maximum absolute atomic E-state index is 6.13. The average Bonchev–Trinajstić information content (AvgIpc) is 3.00. The largest absolute Gasteiger partial charge is 0.492 e. The monoisotopic (exact) mass is 704 g/mol. The van der Waals surface area contributed by atoms with E-state index in [9.17, 15) is 0 Å². The Hall–Kier alpha value is -1.26. The van der Waals surface area contributed by atoms with Crippen molar-refractivity contribution in [2.24, 2.45) is 0 Å². The van der Waals surface area contributed by atoms with Gasteiger partial charge < -0.3 is 9.47 Å². The summed E-state index contributed by atoms with van der Waals surface area (Å²) in [6, 6.07) is 12.6. The summed E-state index contributed by atoms with van der Waals surface area (Å²) < 4.78 is 14.3. The summed E-state index contributed by atoms with van der Waals surface area (Å²) in [4.78, 5) is 0. The minimum absolute atomic E-state index is 0.773. The molecule has 0 N–H and O–H groups in total. The van der Waals surface area contributed by atoms with Gasteiger partial charge in [0.15, 0.2) is 0 Å². The minimum atomic E-state index is 0.773. The lowest BCUT2D eigenvalue weighted by molar-refractivity contribution is 0.302. The molecular formula is C38H58Br2O2. The van der Waals surface area contributed by atoms with Crippen LogP contribution >= 0.6 is 31.9 Å². The zero-order valence-corrected chi connectivity index (χ0v) is 29.9. The first kappa shape index (κ1) is 36.9. The second kappa shape index (κ2) is 25.1. The Kier molecular flexibility index (Phi) is 22.1. The molecule has 0 radical (unpaired) electrons. The summed E-state index contributed by atoms with van der Waals surface area (Å²) in [6.07, 6.45) is 31.0. The third-order valence-electron chi connectivity index (χ3n) is 7.89. The van der Waals surface area contributed by atoms with Crippen molar-refractivity contribution in [1.82, 2.24) is 0 Å². The fourth-order valence-corrected chi connectivity index (χ4v) is 5.93. The number of ether oxygens (including phenoxy) is 2. The molecule has 42 heavy (non-hydrogen) atoms. The van der Waals surface area contributed by atoms with Crippen molar-refractivity contribution in [2.45, 2.75) is 142 Å². The van der Waals surface area contributed by atoms with Crippen LogP contribution in [0, 0.1) is 0 Å². The molecule has 0 aliphatic heterocycles. The smallest absolute Gasteiger partial charge is 0.134 e. The van der Waals surface area contributed by atoms with Crippen LogP contribution in [-0.4, -0.2) is 13.2 Å². The second-order valence-electron chi connectivity index (χ2n) is 11.8. The normalized spacial score (nSPS) is 11.4. The lowest BCUT2D eigenvalue weighted by Gasteiger charge is -2.10. The van der Waals surface area contributed by atoms with Gasteiger partial charge in [-0.1, -0.05) is 154 Å². The SMILES string of the molecule is CCCCCCCCCCCCOc1cc(C=Cc2ccc(Br)c(OCCCCCCCCCCCC)c2)ccc1Br. The molecule has 0 saturated carbocycles. The van der Waals surface area contributed by atoms with E-state index in [1.807, 2.05) is 0 Å². The van der Waals surface area contributed by atoms with Gasteiger partial charge in [0.2, 0.25) is 0 Å². The molecule has 0 atom stereocenters. The zero-order chi connectivity index (χ0) is 30.1. The minimum Gasteiger partial charge on any atom is -0.492 e. The van der Waals surface area contributed by atoms with E-state index in [2.05, 4.69) is 94.3 Å². The second-order valence-corrected chi connectivity index (χ2v) is 13.5. The third-order valence-corrected chi connectivity index (χ3v) is 9.20. The molecule has 0 saturated heterocycles. The molecule has 0 spiro atoms. The average molecular weight is 707 g/mol. The Balaban J connectivity index is 1.67. The first-order valence-electron chi connectivity index (χ1n) is 17.2. The molecule has 4 heteroatoms. The van der Waals surface area contributed by atoms with Gasteiger partial charge in [-0.05, 0) is 80.1 Å². The predicted molar refractivity (Wildman–Crippen MR) is 192 cm³/mol. The fourth-order valence-electron chi connectivity index (χ4n) is 5.20. The topological polar surface area (TPSA) is 18.5 Å². The molecule has 0 heterocycles. The predicted octanol–water partition coefficient (Wildman–Crippen LogP) is 14.0. The number of unbranched alkanes of at least 4 members (excludes halogenated alkanes) is 18. The fraction of sp³-hybridized carbons (Fsp3) is 0.632. The van der Waals surface area contributed by atoms with E-state index in [0.717, 1.165) is 57.6 Å². The Morgan fingerprint density at radius 2 is 0.762 bits per heavy atom.